The van der Waals surface area contributed by atoms with Gasteiger partial charge in [-0.15, -0.1) is 0 Å². The summed E-state index contributed by atoms with van der Waals surface area (Å²) in [6, 6.07) is 6.22. The molecule has 1 aliphatic rings. The van der Waals surface area contributed by atoms with E-state index < -0.39 is 0 Å². The van der Waals surface area contributed by atoms with Crippen LogP contribution in [0.3, 0.4) is 0 Å². The van der Waals surface area contributed by atoms with Gasteiger partial charge in [0, 0.05) is 56.8 Å². The maximum Gasteiger partial charge on any atom is 0.133 e. The first kappa shape index (κ1) is 16.9. The predicted octanol–water partition coefficient (Wildman–Crippen LogP) is 2.26. The Balaban J connectivity index is 1.46. The third-order valence-corrected chi connectivity index (χ3v) is 4.79. The Kier molecular flexibility index (Phi) is 4.81. The summed E-state index contributed by atoms with van der Waals surface area (Å²) in [6.45, 7) is 4.66. The van der Waals surface area contributed by atoms with E-state index in [4.69, 9.17) is 9.26 Å². The number of imidazole rings is 1. The minimum absolute atomic E-state index is 0.270. The molecule has 26 heavy (non-hydrogen) atoms. The SMILES string of the molecule is Cc1cc(CN2Cc3ncn(C)c3C[C@@H]2COCc2cccnc2)no1. The molecule has 0 saturated carbocycles. The fraction of sp³-hybridized carbons (Fsp3) is 0.421. The van der Waals surface area contributed by atoms with Crippen LogP contribution in [0.15, 0.2) is 41.4 Å². The van der Waals surface area contributed by atoms with Gasteiger partial charge in [0.25, 0.3) is 0 Å². The van der Waals surface area contributed by atoms with Crippen molar-refractivity contribution in [2.75, 3.05) is 6.61 Å². The van der Waals surface area contributed by atoms with Gasteiger partial charge in [0.05, 0.1) is 30.9 Å². The average Bonchev–Trinajstić information content (AvgIpc) is 3.22. The molecule has 4 heterocycles. The molecule has 3 aromatic rings. The zero-order valence-electron chi connectivity index (χ0n) is 15.1. The maximum absolute atomic E-state index is 6.01. The number of aryl methyl sites for hydroxylation is 2. The van der Waals surface area contributed by atoms with Crippen molar-refractivity contribution in [2.24, 2.45) is 7.05 Å². The van der Waals surface area contributed by atoms with E-state index in [1.807, 2.05) is 37.6 Å². The summed E-state index contributed by atoms with van der Waals surface area (Å²) < 4.78 is 13.3. The second kappa shape index (κ2) is 7.39. The van der Waals surface area contributed by atoms with Gasteiger partial charge in [0.15, 0.2) is 0 Å². The lowest BCUT2D eigenvalue weighted by molar-refractivity contribution is 0.0350. The Morgan fingerprint density at radius 1 is 1.38 bits per heavy atom. The Morgan fingerprint density at radius 3 is 3.08 bits per heavy atom. The lowest BCUT2D eigenvalue weighted by Crippen LogP contribution is -2.43. The molecule has 0 N–H and O–H groups in total. The predicted molar refractivity (Wildman–Crippen MR) is 95.1 cm³/mol. The van der Waals surface area contributed by atoms with Gasteiger partial charge in [0.1, 0.15) is 5.76 Å². The van der Waals surface area contributed by atoms with Gasteiger partial charge >= 0.3 is 0 Å². The third-order valence-electron chi connectivity index (χ3n) is 4.79. The van der Waals surface area contributed by atoms with Crippen molar-refractivity contribution in [3.63, 3.8) is 0 Å². The van der Waals surface area contributed by atoms with Crippen LogP contribution >= 0.6 is 0 Å². The van der Waals surface area contributed by atoms with Gasteiger partial charge in [-0.2, -0.15) is 0 Å². The lowest BCUT2D eigenvalue weighted by Gasteiger charge is -2.34. The van der Waals surface area contributed by atoms with Crippen LogP contribution in [0.25, 0.3) is 0 Å². The fourth-order valence-electron chi connectivity index (χ4n) is 3.42. The van der Waals surface area contributed by atoms with Crippen LogP contribution in [0.1, 0.15) is 28.4 Å². The summed E-state index contributed by atoms with van der Waals surface area (Å²) in [5.41, 5.74) is 4.45. The minimum Gasteiger partial charge on any atom is -0.375 e. The number of fused-ring (bicyclic) bond motifs is 1. The molecule has 3 aromatic heterocycles. The van der Waals surface area contributed by atoms with Gasteiger partial charge in [-0.3, -0.25) is 9.88 Å². The number of rotatable bonds is 6. The number of hydrogen-bond donors (Lipinski definition) is 0. The van der Waals surface area contributed by atoms with Crippen molar-refractivity contribution in [3.8, 4) is 0 Å². The first-order chi connectivity index (χ1) is 12.7. The number of ether oxygens (including phenoxy) is 1. The molecular weight excluding hydrogens is 330 g/mol. The molecule has 136 valence electrons. The van der Waals surface area contributed by atoms with Gasteiger partial charge in [-0.25, -0.2) is 4.98 Å². The first-order valence-electron chi connectivity index (χ1n) is 8.81. The zero-order chi connectivity index (χ0) is 17.9. The second-order valence-electron chi connectivity index (χ2n) is 6.82. The van der Waals surface area contributed by atoms with E-state index in [1.54, 1.807) is 6.20 Å². The molecule has 4 rings (SSSR count). The number of nitrogens with zero attached hydrogens (tertiary/aromatic N) is 5. The topological polar surface area (TPSA) is 69.2 Å². The highest BCUT2D eigenvalue weighted by Gasteiger charge is 2.29. The molecule has 0 bridgehead atoms. The normalized spacial score (nSPS) is 17.4. The highest BCUT2D eigenvalue weighted by atomic mass is 16.5. The number of pyridine rings is 1. The van der Waals surface area contributed by atoms with E-state index in [0.717, 1.165) is 42.2 Å². The van der Waals surface area contributed by atoms with Gasteiger partial charge < -0.3 is 13.8 Å². The minimum atomic E-state index is 0.270. The second-order valence-corrected chi connectivity index (χ2v) is 6.82. The molecule has 0 spiro atoms. The highest BCUT2D eigenvalue weighted by Crippen LogP contribution is 2.24. The highest BCUT2D eigenvalue weighted by molar-refractivity contribution is 5.19. The van der Waals surface area contributed by atoms with E-state index in [9.17, 15) is 0 Å². The molecule has 0 radical (unpaired) electrons. The molecule has 0 fully saturated rings. The molecule has 7 nitrogen and oxygen atoms in total. The van der Waals surface area contributed by atoms with Crippen LogP contribution in [0.4, 0.5) is 0 Å². The summed E-state index contributed by atoms with van der Waals surface area (Å²) in [4.78, 5) is 11.1. The summed E-state index contributed by atoms with van der Waals surface area (Å²) in [5, 5.41) is 4.14. The standard InChI is InChI=1S/C19H23N5O2/c1-14-6-16(22-26-14)9-24-10-18-19(23(2)13-21-18)7-17(24)12-25-11-15-4-3-5-20-8-15/h3-6,8,13,17H,7,9-12H2,1-2H3/t17-/m1/s1. The van der Waals surface area contributed by atoms with Gasteiger partial charge in [-0.05, 0) is 18.6 Å². The Bertz CT molecular complexity index is 858. The monoisotopic (exact) mass is 353 g/mol. The molecule has 1 aliphatic heterocycles. The van der Waals surface area contributed by atoms with Crippen molar-refractivity contribution in [2.45, 2.75) is 39.1 Å². The maximum atomic E-state index is 6.01. The molecule has 0 amide bonds. The molecule has 7 heteroatoms. The molecule has 0 saturated heterocycles. The van der Waals surface area contributed by atoms with Crippen LogP contribution in [0.5, 0.6) is 0 Å². The number of hydrogen-bond acceptors (Lipinski definition) is 6. The van der Waals surface area contributed by atoms with Gasteiger partial charge in [0.2, 0.25) is 0 Å². The molecule has 0 unspecified atom stereocenters. The Labute approximate surface area is 152 Å². The smallest absolute Gasteiger partial charge is 0.133 e. The largest absolute Gasteiger partial charge is 0.375 e. The van der Waals surface area contributed by atoms with Crippen molar-refractivity contribution in [3.05, 3.63) is 65.3 Å². The van der Waals surface area contributed by atoms with E-state index in [0.29, 0.717) is 13.2 Å². The van der Waals surface area contributed by atoms with Crippen molar-refractivity contribution in [1.82, 2.24) is 24.6 Å². The third kappa shape index (κ3) is 3.68. The summed E-state index contributed by atoms with van der Waals surface area (Å²) in [7, 11) is 2.05. The Morgan fingerprint density at radius 2 is 2.31 bits per heavy atom. The summed E-state index contributed by atoms with van der Waals surface area (Å²) in [5.74, 6) is 0.833. The van der Waals surface area contributed by atoms with Gasteiger partial charge in [-0.1, -0.05) is 11.2 Å². The quantitative estimate of drug-likeness (QED) is 0.677. The summed E-state index contributed by atoms with van der Waals surface area (Å²) >= 11 is 0. The van der Waals surface area contributed by atoms with E-state index in [1.165, 1.54) is 5.69 Å². The van der Waals surface area contributed by atoms with Crippen molar-refractivity contribution in [1.29, 1.82) is 0 Å². The van der Waals surface area contributed by atoms with E-state index in [2.05, 4.69) is 31.6 Å². The molecule has 0 aromatic carbocycles. The van der Waals surface area contributed by atoms with Crippen LogP contribution in [0, 0.1) is 6.92 Å². The zero-order valence-corrected chi connectivity index (χ0v) is 15.1. The van der Waals surface area contributed by atoms with E-state index >= 15 is 0 Å². The molecule has 0 aliphatic carbocycles. The summed E-state index contributed by atoms with van der Waals surface area (Å²) in [6.07, 6.45) is 6.42. The van der Waals surface area contributed by atoms with Crippen LogP contribution < -0.4 is 0 Å². The van der Waals surface area contributed by atoms with Crippen LogP contribution in [0.2, 0.25) is 0 Å². The van der Waals surface area contributed by atoms with Crippen LogP contribution in [-0.4, -0.2) is 37.2 Å². The fourth-order valence-corrected chi connectivity index (χ4v) is 3.42. The van der Waals surface area contributed by atoms with Crippen LogP contribution in [-0.2, 0) is 37.9 Å². The molecule has 1 atom stereocenters. The average molecular weight is 353 g/mol. The van der Waals surface area contributed by atoms with Crippen molar-refractivity contribution >= 4 is 0 Å². The van der Waals surface area contributed by atoms with E-state index in [-0.39, 0.29) is 6.04 Å². The van der Waals surface area contributed by atoms with Crippen molar-refractivity contribution < 1.29 is 9.26 Å². The molecular formula is C19H23N5O2. The Hall–Kier alpha value is -2.51. The number of aromatic nitrogens is 4. The first-order valence-corrected chi connectivity index (χ1v) is 8.81. The lowest BCUT2D eigenvalue weighted by atomic mass is 10.0.